The van der Waals surface area contributed by atoms with Crippen LogP contribution >= 0.6 is 11.3 Å². The van der Waals surface area contributed by atoms with Crippen LogP contribution in [0.15, 0.2) is 17.5 Å². The van der Waals surface area contributed by atoms with Crippen molar-refractivity contribution in [3.05, 3.63) is 22.4 Å². The Morgan fingerprint density at radius 1 is 1.35 bits per heavy atom. The minimum atomic E-state index is -0.313. The van der Waals surface area contributed by atoms with E-state index >= 15 is 0 Å². The van der Waals surface area contributed by atoms with E-state index in [-0.39, 0.29) is 5.41 Å². The molecule has 4 heteroatoms. The van der Waals surface area contributed by atoms with Crippen LogP contribution in [0.4, 0.5) is 0 Å². The zero-order valence-corrected chi connectivity index (χ0v) is 13.0. The molecule has 2 aliphatic heterocycles. The fourth-order valence-electron chi connectivity index (χ4n) is 3.35. The Hall–Kier alpha value is -0.870. The van der Waals surface area contributed by atoms with Gasteiger partial charge in [0.1, 0.15) is 0 Å². The Labute approximate surface area is 124 Å². The van der Waals surface area contributed by atoms with E-state index in [9.17, 15) is 4.79 Å². The third-order valence-corrected chi connectivity index (χ3v) is 5.89. The average Bonchev–Trinajstić information content (AvgIpc) is 3.03. The highest BCUT2D eigenvalue weighted by molar-refractivity contribution is 7.10. The standard InChI is InChI=1S/C16H23NO2S/c1-13-4-8-17(9-5-13)15(18)16(6-10-19-11-7-16)14-3-2-12-20-14/h2-3,12-13H,4-11H2,1H3. The van der Waals surface area contributed by atoms with Gasteiger partial charge < -0.3 is 9.64 Å². The van der Waals surface area contributed by atoms with Crippen molar-refractivity contribution in [3.8, 4) is 0 Å². The molecule has 1 amide bonds. The summed E-state index contributed by atoms with van der Waals surface area (Å²) in [5.74, 6) is 1.10. The van der Waals surface area contributed by atoms with Crippen molar-refractivity contribution in [1.82, 2.24) is 4.90 Å². The van der Waals surface area contributed by atoms with Gasteiger partial charge in [0.2, 0.25) is 5.91 Å². The van der Waals surface area contributed by atoms with Crippen LogP contribution < -0.4 is 0 Å². The van der Waals surface area contributed by atoms with Gasteiger partial charge in [-0.25, -0.2) is 0 Å². The van der Waals surface area contributed by atoms with Gasteiger partial charge in [0, 0.05) is 31.2 Å². The summed E-state index contributed by atoms with van der Waals surface area (Å²) in [6, 6.07) is 4.18. The molecule has 3 rings (SSSR count). The van der Waals surface area contributed by atoms with Gasteiger partial charge in [-0.1, -0.05) is 13.0 Å². The minimum absolute atomic E-state index is 0.313. The van der Waals surface area contributed by atoms with Crippen molar-refractivity contribution in [2.75, 3.05) is 26.3 Å². The lowest BCUT2D eigenvalue weighted by atomic mass is 9.77. The molecule has 0 bridgehead atoms. The molecular weight excluding hydrogens is 270 g/mol. The summed E-state index contributed by atoms with van der Waals surface area (Å²) in [6.07, 6.45) is 3.95. The van der Waals surface area contributed by atoms with E-state index in [0.717, 1.165) is 44.7 Å². The summed E-state index contributed by atoms with van der Waals surface area (Å²) in [5.41, 5.74) is -0.313. The summed E-state index contributed by atoms with van der Waals surface area (Å²) in [4.78, 5) is 16.5. The summed E-state index contributed by atoms with van der Waals surface area (Å²) < 4.78 is 5.51. The monoisotopic (exact) mass is 293 g/mol. The van der Waals surface area contributed by atoms with E-state index in [1.165, 1.54) is 4.88 Å². The molecule has 2 fully saturated rings. The number of hydrogen-bond acceptors (Lipinski definition) is 3. The maximum absolute atomic E-state index is 13.2. The van der Waals surface area contributed by atoms with E-state index in [0.29, 0.717) is 19.1 Å². The molecule has 0 unspecified atom stereocenters. The molecule has 110 valence electrons. The normalized spacial score (nSPS) is 23.8. The molecule has 2 saturated heterocycles. The zero-order valence-electron chi connectivity index (χ0n) is 12.1. The molecule has 0 saturated carbocycles. The highest BCUT2D eigenvalue weighted by Gasteiger charge is 2.45. The number of hydrogen-bond donors (Lipinski definition) is 0. The van der Waals surface area contributed by atoms with Crippen LogP contribution in [0.1, 0.15) is 37.5 Å². The quantitative estimate of drug-likeness (QED) is 0.839. The average molecular weight is 293 g/mol. The Morgan fingerprint density at radius 2 is 2.05 bits per heavy atom. The van der Waals surface area contributed by atoms with Crippen LogP contribution in [0, 0.1) is 5.92 Å². The van der Waals surface area contributed by atoms with Crippen molar-refractivity contribution in [2.45, 2.75) is 38.0 Å². The maximum Gasteiger partial charge on any atom is 0.234 e. The Bertz CT molecular complexity index is 443. The van der Waals surface area contributed by atoms with Crippen molar-refractivity contribution in [3.63, 3.8) is 0 Å². The van der Waals surface area contributed by atoms with Gasteiger partial charge in [0.05, 0.1) is 5.41 Å². The SMILES string of the molecule is CC1CCN(C(=O)C2(c3cccs3)CCOCC2)CC1. The number of rotatable bonds is 2. The molecule has 1 aromatic heterocycles. The van der Waals surface area contributed by atoms with Crippen LogP contribution in [-0.4, -0.2) is 37.1 Å². The van der Waals surface area contributed by atoms with Gasteiger partial charge in [0.25, 0.3) is 0 Å². The number of piperidine rings is 1. The molecule has 20 heavy (non-hydrogen) atoms. The largest absolute Gasteiger partial charge is 0.381 e. The first-order chi connectivity index (χ1) is 9.72. The molecule has 0 N–H and O–H groups in total. The predicted molar refractivity (Wildman–Crippen MR) is 81.0 cm³/mol. The van der Waals surface area contributed by atoms with Gasteiger partial charge in [-0.3, -0.25) is 4.79 Å². The van der Waals surface area contributed by atoms with Crippen molar-refractivity contribution in [1.29, 1.82) is 0 Å². The van der Waals surface area contributed by atoms with Gasteiger partial charge >= 0.3 is 0 Å². The lowest BCUT2D eigenvalue weighted by Crippen LogP contribution is -2.51. The topological polar surface area (TPSA) is 29.5 Å². The van der Waals surface area contributed by atoms with Crippen LogP contribution in [0.3, 0.4) is 0 Å². The summed E-state index contributed by atoms with van der Waals surface area (Å²) in [6.45, 7) is 5.54. The maximum atomic E-state index is 13.2. The minimum Gasteiger partial charge on any atom is -0.381 e. The molecule has 0 atom stereocenters. The first-order valence-electron chi connectivity index (χ1n) is 7.63. The molecular formula is C16H23NO2S. The smallest absolute Gasteiger partial charge is 0.234 e. The number of nitrogens with zero attached hydrogens (tertiary/aromatic N) is 1. The van der Waals surface area contributed by atoms with Crippen molar-refractivity contribution < 1.29 is 9.53 Å². The Kier molecular flexibility index (Phi) is 4.13. The van der Waals surface area contributed by atoms with Crippen molar-refractivity contribution >= 4 is 17.2 Å². The van der Waals surface area contributed by atoms with Crippen molar-refractivity contribution in [2.24, 2.45) is 5.92 Å². The van der Waals surface area contributed by atoms with Crippen LogP contribution in [0.25, 0.3) is 0 Å². The molecule has 2 aliphatic rings. The molecule has 1 aromatic rings. The number of carbonyl (C=O) groups excluding carboxylic acids is 1. The highest BCUT2D eigenvalue weighted by atomic mass is 32.1. The van der Waals surface area contributed by atoms with E-state index in [1.807, 2.05) is 0 Å². The molecule has 0 aliphatic carbocycles. The number of amides is 1. The number of thiophene rings is 1. The fraction of sp³-hybridized carbons (Fsp3) is 0.688. The van der Waals surface area contributed by atoms with E-state index in [4.69, 9.17) is 4.74 Å². The third kappa shape index (κ3) is 2.51. The first kappa shape index (κ1) is 14.1. The lowest BCUT2D eigenvalue weighted by Gasteiger charge is -2.41. The molecule has 0 aromatic carbocycles. The highest BCUT2D eigenvalue weighted by Crippen LogP contribution is 2.39. The predicted octanol–water partition coefficient (Wildman–Crippen LogP) is 3.05. The number of carbonyl (C=O) groups is 1. The Balaban J connectivity index is 1.84. The number of ether oxygens (including phenoxy) is 1. The number of likely N-dealkylation sites (tertiary alicyclic amines) is 1. The van der Waals surface area contributed by atoms with E-state index in [1.54, 1.807) is 11.3 Å². The van der Waals surface area contributed by atoms with Gasteiger partial charge in [-0.15, -0.1) is 11.3 Å². The summed E-state index contributed by atoms with van der Waals surface area (Å²) in [7, 11) is 0. The van der Waals surface area contributed by atoms with Crippen LogP contribution in [0.2, 0.25) is 0 Å². The molecule has 0 radical (unpaired) electrons. The summed E-state index contributed by atoms with van der Waals surface area (Å²) >= 11 is 1.72. The second-order valence-electron chi connectivity index (χ2n) is 6.15. The van der Waals surface area contributed by atoms with Gasteiger partial charge in [-0.05, 0) is 43.0 Å². The van der Waals surface area contributed by atoms with Crippen LogP contribution in [0.5, 0.6) is 0 Å². The molecule has 3 heterocycles. The molecule has 3 nitrogen and oxygen atoms in total. The zero-order chi connectivity index (χ0) is 14.0. The second kappa shape index (κ2) is 5.86. The van der Waals surface area contributed by atoms with Crippen LogP contribution in [-0.2, 0) is 14.9 Å². The van der Waals surface area contributed by atoms with Gasteiger partial charge in [-0.2, -0.15) is 0 Å². The van der Waals surface area contributed by atoms with E-state index in [2.05, 4.69) is 29.3 Å². The van der Waals surface area contributed by atoms with E-state index < -0.39 is 0 Å². The first-order valence-corrected chi connectivity index (χ1v) is 8.51. The van der Waals surface area contributed by atoms with Gasteiger partial charge in [0.15, 0.2) is 0 Å². The second-order valence-corrected chi connectivity index (χ2v) is 7.09. The lowest BCUT2D eigenvalue weighted by molar-refractivity contribution is -0.142. The molecule has 0 spiro atoms. The third-order valence-electron chi connectivity index (χ3n) is 4.82. The Morgan fingerprint density at radius 3 is 2.65 bits per heavy atom. The summed E-state index contributed by atoms with van der Waals surface area (Å²) in [5, 5.41) is 2.08. The fourth-order valence-corrected chi connectivity index (χ4v) is 4.33.